The van der Waals surface area contributed by atoms with Gasteiger partial charge in [0.25, 0.3) is 0 Å². The average molecular weight is 210 g/mol. The van der Waals surface area contributed by atoms with E-state index in [2.05, 4.69) is 6.92 Å². The van der Waals surface area contributed by atoms with Crippen LogP contribution in [0.2, 0.25) is 0 Å². The number of ketones is 1. The second-order valence-corrected chi connectivity index (χ2v) is 5.33. The Labute approximate surface area is 92.4 Å². The van der Waals surface area contributed by atoms with Crippen molar-refractivity contribution in [3.05, 3.63) is 0 Å². The van der Waals surface area contributed by atoms with Crippen molar-refractivity contribution in [1.82, 2.24) is 0 Å². The number of hydrogen-bond donors (Lipinski definition) is 0. The summed E-state index contributed by atoms with van der Waals surface area (Å²) in [5.41, 5.74) is 0. The van der Waals surface area contributed by atoms with Crippen molar-refractivity contribution in [3.63, 3.8) is 0 Å². The Kier molecular flexibility index (Phi) is 3.79. The van der Waals surface area contributed by atoms with Crippen molar-refractivity contribution in [1.29, 1.82) is 0 Å². The van der Waals surface area contributed by atoms with Crippen molar-refractivity contribution in [2.45, 2.75) is 45.4 Å². The van der Waals surface area contributed by atoms with E-state index in [1.165, 1.54) is 0 Å². The van der Waals surface area contributed by atoms with Crippen LogP contribution in [-0.2, 0) is 9.53 Å². The van der Waals surface area contributed by atoms with Gasteiger partial charge in [0, 0.05) is 25.6 Å². The first-order valence-corrected chi connectivity index (χ1v) is 6.36. The molecule has 0 spiro atoms. The maximum absolute atomic E-state index is 11.8. The lowest BCUT2D eigenvalue weighted by Gasteiger charge is -2.30. The molecule has 2 nitrogen and oxygen atoms in total. The quantitative estimate of drug-likeness (QED) is 0.700. The first-order chi connectivity index (χ1) is 7.25. The van der Waals surface area contributed by atoms with E-state index in [9.17, 15) is 4.79 Å². The highest BCUT2D eigenvalue weighted by Gasteiger charge is 2.29. The lowest BCUT2D eigenvalue weighted by molar-refractivity contribution is -0.126. The van der Waals surface area contributed by atoms with Gasteiger partial charge in [0.1, 0.15) is 5.78 Å². The number of Topliss-reactive ketones (excluding diaryl/α,β-unsaturated/α-hetero) is 1. The fourth-order valence-electron chi connectivity index (χ4n) is 2.94. The average Bonchev–Trinajstić information content (AvgIpc) is 2.25. The van der Waals surface area contributed by atoms with E-state index in [1.54, 1.807) is 0 Å². The SMILES string of the molecule is CC1CCC(=O)C(CC2CCOCC2)C1. The summed E-state index contributed by atoms with van der Waals surface area (Å²) < 4.78 is 5.35. The number of hydrogen-bond acceptors (Lipinski definition) is 2. The topological polar surface area (TPSA) is 26.3 Å². The van der Waals surface area contributed by atoms with Crippen LogP contribution in [0, 0.1) is 17.8 Å². The summed E-state index contributed by atoms with van der Waals surface area (Å²) in [5.74, 6) is 2.40. The van der Waals surface area contributed by atoms with E-state index >= 15 is 0 Å². The van der Waals surface area contributed by atoms with Gasteiger partial charge >= 0.3 is 0 Å². The molecule has 1 aliphatic carbocycles. The molecule has 0 amide bonds. The van der Waals surface area contributed by atoms with Crippen LogP contribution in [0.3, 0.4) is 0 Å². The van der Waals surface area contributed by atoms with Gasteiger partial charge in [-0.25, -0.2) is 0 Å². The minimum absolute atomic E-state index is 0.372. The summed E-state index contributed by atoms with van der Waals surface area (Å²) in [5, 5.41) is 0. The van der Waals surface area contributed by atoms with Crippen LogP contribution in [-0.4, -0.2) is 19.0 Å². The first kappa shape index (κ1) is 11.1. The van der Waals surface area contributed by atoms with E-state index in [1.807, 2.05) is 0 Å². The van der Waals surface area contributed by atoms with E-state index < -0.39 is 0 Å². The molecule has 1 heterocycles. The monoisotopic (exact) mass is 210 g/mol. The summed E-state index contributed by atoms with van der Waals surface area (Å²) in [6.45, 7) is 4.09. The lowest BCUT2D eigenvalue weighted by atomic mass is 9.76. The Balaban J connectivity index is 1.83. The predicted molar refractivity (Wildman–Crippen MR) is 59.7 cm³/mol. The van der Waals surface area contributed by atoms with Crippen molar-refractivity contribution in [3.8, 4) is 0 Å². The van der Waals surface area contributed by atoms with Crippen molar-refractivity contribution in [2.24, 2.45) is 17.8 Å². The summed E-state index contributed by atoms with van der Waals surface area (Å²) in [4.78, 5) is 11.8. The summed E-state index contributed by atoms with van der Waals surface area (Å²) in [6, 6.07) is 0. The molecular weight excluding hydrogens is 188 g/mol. The number of ether oxygens (including phenoxy) is 1. The molecule has 2 heteroatoms. The zero-order valence-corrected chi connectivity index (χ0v) is 9.71. The zero-order valence-electron chi connectivity index (χ0n) is 9.71. The molecular formula is C13H22O2. The summed E-state index contributed by atoms with van der Waals surface area (Å²) >= 11 is 0. The van der Waals surface area contributed by atoms with Gasteiger partial charge in [-0.05, 0) is 43.9 Å². The predicted octanol–water partition coefficient (Wildman–Crippen LogP) is 2.81. The van der Waals surface area contributed by atoms with Gasteiger partial charge in [-0.3, -0.25) is 4.79 Å². The molecule has 0 bridgehead atoms. The highest BCUT2D eigenvalue weighted by molar-refractivity contribution is 5.81. The fourth-order valence-corrected chi connectivity index (χ4v) is 2.94. The molecule has 0 aromatic carbocycles. The second-order valence-electron chi connectivity index (χ2n) is 5.33. The molecule has 0 aromatic heterocycles. The minimum Gasteiger partial charge on any atom is -0.381 e. The Morgan fingerprint density at radius 1 is 1.27 bits per heavy atom. The number of carbonyl (C=O) groups excluding carboxylic acids is 1. The largest absolute Gasteiger partial charge is 0.381 e. The molecule has 1 aliphatic heterocycles. The zero-order chi connectivity index (χ0) is 10.7. The van der Waals surface area contributed by atoms with Gasteiger partial charge in [-0.2, -0.15) is 0 Å². The first-order valence-electron chi connectivity index (χ1n) is 6.36. The Hall–Kier alpha value is -0.370. The van der Waals surface area contributed by atoms with Crippen molar-refractivity contribution in [2.75, 3.05) is 13.2 Å². The molecule has 2 fully saturated rings. The molecule has 0 radical (unpaired) electrons. The molecule has 2 rings (SSSR count). The van der Waals surface area contributed by atoms with Crippen LogP contribution in [0.25, 0.3) is 0 Å². The Morgan fingerprint density at radius 3 is 2.73 bits per heavy atom. The van der Waals surface area contributed by atoms with Gasteiger partial charge in [0.2, 0.25) is 0 Å². The lowest BCUT2D eigenvalue weighted by Crippen LogP contribution is -2.27. The van der Waals surface area contributed by atoms with Crippen molar-refractivity contribution < 1.29 is 9.53 Å². The third kappa shape index (κ3) is 3.04. The van der Waals surface area contributed by atoms with Gasteiger partial charge in [0.15, 0.2) is 0 Å². The molecule has 1 saturated heterocycles. The molecule has 86 valence electrons. The van der Waals surface area contributed by atoms with Gasteiger partial charge < -0.3 is 4.74 Å². The van der Waals surface area contributed by atoms with Gasteiger partial charge in [-0.15, -0.1) is 0 Å². The Bertz CT molecular complexity index is 219. The highest BCUT2D eigenvalue weighted by Crippen LogP contribution is 2.33. The van der Waals surface area contributed by atoms with Crippen LogP contribution in [0.15, 0.2) is 0 Å². The van der Waals surface area contributed by atoms with Crippen molar-refractivity contribution >= 4 is 5.78 Å². The third-order valence-corrected chi connectivity index (χ3v) is 3.98. The number of carbonyl (C=O) groups is 1. The van der Waals surface area contributed by atoms with Crippen LogP contribution < -0.4 is 0 Å². The third-order valence-electron chi connectivity index (χ3n) is 3.98. The van der Waals surface area contributed by atoms with E-state index in [4.69, 9.17) is 4.74 Å². The van der Waals surface area contributed by atoms with Gasteiger partial charge in [-0.1, -0.05) is 6.92 Å². The fraction of sp³-hybridized carbons (Fsp3) is 0.923. The van der Waals surface area contributed by atoms with Crippen LogP contribution >= 0.6 is 0 Å². The normalized spacial score (nSPS) is 34.3. The van der Waals surface area contributed by atoms with Crippen LogP contribution in [0.1, 0.15) is 45.4 Å². The molecule has 15 heavy (non-hydrogen) atoms. The minimum atomic E-state index is 0.372. The highest BCUT2D eigenvalue weighted by atomic mass is 16.5. The Morgan fingerprint density at radius 2 is 2.00 bits per heavy atom. The molecule has 1 saturated carbocycles. The maximum Gasteiger partial charge on any atom is 0.136 e. The molecule has 2 unspecified atom stereocenters. The van der Waals surface area contributed by atoms with Gasteiger partial charge in [0.05, 0.1) is 0 Å². The summed E-state index contributed by atoms with van der Waals surface area (Å²) in [6.07, 6.45) is 6.54. The van der Waals surface area contributed by atoms with E-state index in [0.717, 1.165) is 63.6 Å². The maximum atomic E-state index is 11.8. The van der Waals surface area contributed by atoms with Crippen LogP contribution in [0.5, 0.6) is 0 Å². The standard InChI is InChI=1S/C13H22O2/c1-10-2-3-13(14)12(8-10)9-11-4-6-15-7-5-11/h10-12H,2-9H2,1H3. The second kappa shape index (κ2) is 5.11. The smallest absolute Gasteiger partial charge is 0.136 e. The molecule has 0 N–H and O–H groups in total. The van der Waals surface area contributed by atoms with E-state index in [0.29, 0.717) is 11.7 Å². The molecule has 2 aliphatic rings. The van der Waals surface area contributed by atoms with E-state index in [-0.39, 0.29) is 0 Å². The molecule has 0 aromatic rings. The molecule has 2 atom stereocenters. The number of rotatable bonds is 2. The van der Waals surface area contributed by atoms with Crippen LogP contribution in [0.4, 0.5) is 0 Å². The summed E-state index contributed by atoms with van der Waals surface area (Å²) in [7, 11) is 0.